The van der Waals surface area contributed by atoms with Gasteiger partial charge in [-0.3, -0.25) is 14.4 Å². The summed E-state index contributed by atoms with van der Waals surface area (Å²) in [5.41, 5.74) is 2.14. The van der Waals surface area contributed by atoms with Crippen LogP contribution in [-0.2, 0) is 21.1 Å². The van der Waals surface area contributed by atoms with Crippen molar-refractivity contribution in [1.82, 2.24) is 25.2 Å². The minimum absolute atomic E-state index is 0.0445. The van der Waals surface area contributed by atoms with Crippen LogP contribution in [0, 0.1) is 17.8 Å². The zero-order valence-electron chi connectivity index (χ0n) is 23.0. The Morgan fingerprint density at radius 2 is 1.95 bits per heavy atom. The molecule has 3 saturated heterocycles. The lowest BCUT2D eigenvalue weighted by Crippen LogP contribution is -2.56. The number of carbonyl (C=O) groups excluding carboxylic acids is 3. The zero-order chi connectivity index (χ0) is 28.7. The third kappa shape index (κ3) is 4.53. The molecule has 3 aliphatic rings. The van der Waals surface area contributed by atoms with Gasteiger partial charge in [-0.1, -0.05) is 24.3 Å². The Labute approximate surface area is 242 Å². The summed E-state index contributed by atoms with van der Waals surface area (Å²) >= 11 is 1.62. The molecule has 12 heteroatoms. The van der Waals surface area contributed by atoms with E-state index < -0.39 is 22.6 Å². The summed E-state index contributed by atoms with van der Waals surface area (Å²) in [6.45, 7) is 4.77. The van der Waals surface area contributed by atoms with Crippen LogP contribution in [0.3, 0.4) is 0 Å². The standard InChI is InChI=1S/C29H34N6O5S/c1-3-40-19-11-9-18(10-12-19)31-26(37)23-22-15-17(2)29(41-22)24(23)28(39)34(13-6-14-36)25(29)27(38)30-16-35-21-8-5-4-7-20(21)32-33-35/h4-5,7-12,17,22-25,36H,3,6,13-16H2,1-2H3,(H,30,38)(H,31,37)/t17?,22-,23+,24+,25?,29?/m1/s1. The number of aromatic nitrogens is 3. The largest absolute Gasteiger partial charge is 0.494 e. The fraction of sp³-hybridized carbons (Fsp3) is 0.483. The second-order valence-corrected chi connectivity index (χ2v) is 12.4. The second-order valence-electron chi connectivity index (χ2n) is 10.9. The number of aliphatic hydroxyl groups excluding tert-OH is 1. The number of nitrogens with one attached hydrogen (secondary N) is 2. The van der Waals surface area contributed by atoms with E-state index in [4.69, 9.17) is 4.74 Å². The summed E-state index contributed by atoms with van der Waals surface area (Å²) < 4.78 is 6.37. The van der Waals surface area contributed by atoms with E-state index in [-0.39, 0.29) is 48.7 Å². The minimum Gasteiger partial charge on any atom is -0.494 e. The van der Waals surface area contributed by atoms with E-state index >= 15 is 0 Å². The molecular weight excluding hydrogens is 544 g/mol. The van der Waals surface area contributed by atoms with E-state index in [0.29, 0.717) is 24.5 Å². The fourth-order valence-corrected chi connectivity index (χ4v) is 9.33. The number of likely N-dealkylation sites (tertiary alicyclic amines) is 1. The van der Waals surface area contributed by atoms with Gasteiger partial charge >= 0.3 is 0 Å². The van der Waals surface area contributed by atoms with Crippen molar-refractivity contribution in [3.8, 4) is 5.75 Å². The first-order chi connectivity index (χ1) is 19.9. The van der Waals surface area contributed by atoms with Crippen LogP contribution in [0.25, 0.3) is 11.0 Å². The monoisotopic (exact) mass is 578 g/mol. The van der Waals surface area contributed by atoms with Gasteiger partial charge in [0.2, 0.25) is 17.7 Å². The highest BCUT2D eigenvalue weighted by atomic mass is 32.2. The number of benzene rings is 2. The first-order valence-electron chi connectivity index (χ1n) is 14.1. The van der Waals surface area contributed by atoms with Crippen molar-refractivity contribution in [3.05, 3.63) is 48.5 Å². The molecule has 6 rings (SSSR count). The van der Waals surface area contributed by atoms with E-state index in [1.54, 1.807) is 45.6 Å². The summed E-state index contributed by atoms with van der Waals surface area (Å²) in [4.78, 5) is 43.3. The van der Waals surface area contributed by atoms with E-state index in [0.717, 1.165) is 17.5 Å². The average molecular weight is 579 g/mol. The highest BCUT2D eigenvalue weighted by Gasteiger charge is 2.75. The Hall–Kier alpha value is -3.64. The smallest absolute Gasteiger partial charge is 0.245 e. The molecule has 3 unspecified atom stereocenters. The van der Waals surface area contributed by atoms with Crippen LogP contribution in [-0.4, -0.2) is 78.5 Å². The lowest BCUT2D eigenvalue weighted by Gasteiger charge is -2.38. The molecule has 11 nitrogen and oxygen atoms in total. The van der Waals surface area contributed by atoms with Crippen molar-refractivity contribution in [3.63, 3.8) is 0 Å². The number of anilines is 1. The van der Waals surface area contributed by atoms with Gasteiger partial charge in [0.05, 0.1) is 28.7 Å². The van der Waals surface area contributed by atoms with Crippen LogP contribution in [0.1, 0.15) is 26.7 Å². The van der Waals surface area contributed by atoms with E-state index in [9.17, 15) is 19.5 Å². The van der Waals surface area contributed by atoms with E-state index in [2.05, 4.69) is 27.9 Å². The van der Waals surface area contributed by atoms with Crippen molar-refractivity contribution >= 4 is 46.2 Å². The predicted octanol–water partition coefficient (Wildman–Crippen LogP) is 2.26. The average Bonchev–Trinajstić information content (AvgIpc) is 3.69. The summed E-state index contributed by atoms with van der Waals surface area (Å²) in [5, 5.41) is 23.8. The molecular formula is C29H34N6O5S. The normalized spacial score (nSPS) is 28.2. The molecule has 3 amide bonds. The third-order valence-electron chi connectivity index (χ3n) is 8.61. The maximum Gasteiger partial charge on any atom is 0.245 e. The maximum absolute atomic E-state index is 14.1. The van der Waals surface area contributed by atoms with Crippen molar-refractivity contribution in [2.75, 3.05) is 25.1 Å². The predicted molar refractivity (Wildman–Crippen MR) is 154 cm³/mol. The summed E-state index contributed by atoms with van der Waals surface area (Å²) in [6, 6.07) is 13.9. The van der Waals surface area contributed by atoms with Crippen molar-refractivity contribution in [2.24, 2.45) is 17.8 Å². The van der Waals surface area contributed by atoms with Gasteiger partial charge in [0.25, 0.3) is 0 Å². The lowest BCUT2D eigenvalue weighted by molar-refractivity contribution is -0.139. The minimum atomic E-state index is -0.769. The van der Waals surface area contributed by atoms with Crippen LogP contribution in [0.2, 0.25) is 0 Å². The number of hydrogen-bond donors (Lipinski definition) is 3. The first kappa shape index (κ1) is 27.5. The van der Waals surface area contributed by atoms with Crippen LogP contribution < -0.4 is 15.4 Å². The number of amides is 3. The topological polar surface area (TPSA) is 139 Å². The maximum atomic E-state index is 14.1. The molecule has 2 aromatic carbocycles. The zero-order valence-corrected chi connectivity index (χ0v) is 23.8. The van der Waals surface area contributed by atoms with Gasteiger partial charge < -0.3 is 25.4 Å². The number of carbonyl (C=O) groups is 3. The number of rotatable bonds is 10. The number of nitrogens with zero attached hydrogens (tertiary/aromatic N) is 4. The molecule has 4 heterocycles. The molecule has 216 valence electrons. The van der Waals surface area contributed by atoms with Crippen LogP contribution >= 0.6 is 11.8 Å². The molecule has 41 heavy (non-hydrogen) atoms. The quantitative estimate of drug-likeness (QED) is 0.333. The molecule has 1 spiro atoms. The number of ether oxygens (including phenoxy) is 1. The molecule has 2 bridgehead atoms. The van der Waals surface area contributed by atoms with Crippen LogP contribution in [0.5, 0.6) is 5.75 Å². The molecule has 3 fully saturated rings. The number of aliphatic hydroxyl groups is 1. The molecule has 3 N–H and O–H groups in total. The van der Waals surface area contributed by atoms with Crippen molar-refractivity contribution in [1.29, 1.82) is 0 Å². The SMILES string of the molecule is CCOc1ccc(NC(=O)[C@@H]2[C@H]3C(=O)N(CCCO)C(C(=O)NCn4nnc5ccccc54)C34S[C@@H]2CC4C)cc1. The van der Waals surface area contributed by atoms with E-state index in [1.807, 2.05) is 31.2 Å². The summed E-state index contributed by atoms with van der Waals surface area (Å²) in [5.74, 6) is -1.13. The first-order valence-corrected chi connectivity index (χ1v) is 15.0. The van der Waals surface area contributed by atoms with Gasteiger partial charge in [0, 0.05) is 24.1 Å². The summed E-state index contributed by atoms with van der Waals surface area (Å²) in [6.07, 6.45) is 1.08. The van der Waals surface area contributed by atoms with Crippen LogP contribution in [0.15, 0.2) is 48.5 Å². The highest BCUT2D eigenvalue weighted by molar-refractivity contribution is 8.02. The Bertz CT molecular complexity index is 1460. The Kier molecular flexibility index (Phi) is 7.37. The highest BCUT2D eigenvalue weighted by Crippen LogP contribution is 2.68. The Balaban J connectivity index is 1.26. The molecule has 0 radical (unpaired) electrons. The fourth-order valence-electron chi connectivity index (χ4n) is 6.91. The number of thioether (sulfide) groups is 1. The molecule has 6 atom stereocenters. The second kappa shape index (κ2) is 11.0. The van der Waals surface area contributed by atoms with Gasteiger partial charge in [-0.05, 0) is 62.1 Å². The van der Waals surface area contributed by atoms with Gasteiger partial charge in [-0.25, -0.2) is 4.68 Å². The number of para-hydroxylation sites is 1. The van der Waals surface area contributed by atoms with Gasteiger partial charge in [-0.2, -0.15) is 0 Å². The van der Waals surface area contributed by atoms with Crippen LogP contribution in [0.4, 0.5) is 5.69 Å². The lowest BCUT2D eigenvalue weighted by atomic mass is 9.66. The molecule has 3 aromatic rings. The number of fused-ring (bicyclic) bond motifs is 2. The Morgan fingerprint density at radius 1 is 1.17 bits per heavy atom. The Morgan fingerprint density at radius 3 is 2.71 bits per heavy atom. The van der Waals surface area contributed by atoms with E-state index in [1.165, 1.54) is 0 Å². The summed E-state index contributed by atoms with van der Waals surface area (Å²) in [7, 11) is 0. The molecule has 1 aromatic heterocycles. The van der Waals surface area contributed by atoms with Gasteiger partial charge in [-0.15, -0.1) is 16.9 Å². The van der Waals surface area contributed by atoms with Gasteiger partial charge in [0.15, 0.2) is 0 Å². The van der Waals surface area contributed by atoms with Crippen molar-refractivity contribution < 1.29 is 24.2 Å². The number of hydrogen-bond acceptors (Lipinski definition) is 8. The molecule has 0 saturated carbocycles. The third-order valence-corrected chi connectivity index (χ3v) is 10.7. The van der Waals surface area contributed by atoms with Gasteiger partial charge in [0.1, 0.15) is 24.0 Å². The van der Waals surface area contributed by atoms with Crippen molar-refractivity contribution in [2.45, 2.75) is 49.4 Å². The molecule has 0 aliphatic carbocycles. The molecule has 3 aliphatic heterocycles.